The van der Waals surface area contributed by atoms with Crippen LogP contribution in [0, 0.1) is 41.5 Å². The number of ether oxygens (including phenoxy) is 2. The van der Waals surface area contributed by atoms with Crippen LogP contribution in [-0.4, -0.2) is 24.9 Å². The van der Waals surface area contributed by atoms with E-state index in [9.17, 15) is 22.6 Å². The van der Waals surface area contributed by atoms with Crippen LogP contribution in [-0.2, 0) is 19.7 Å². The molecule has 13 heteroatoms. The lowest BCUT2D eigenvalue weighted by atomic mass is 9.58. The number of halogens is 5. The summed E-state index contributed by atoms with van der Waals surface area (Å²) in [7, 11) is -4.66. The maximum Gasteiger partial charge on any atom is 0.315 e. The van der Waals surface area contributed by atoms with Gasteiger partial charge in [-0.05, 0) is 175 Å². The third-order valence-corrected chi connectivity index (χ3v) is 12.0. The fourth-order valence-corrected chi connectivity index (χ4v) is 12.7. The van der Waals surface area contributed by atoms with Crippen LogP contribution in [0.5, 0.6) is 11.5 Å². The predicted octanol–water partition coefficient (Wildman–Crippen LogP) is 6.18. The average molecular weight is 1060 g/mol. The molecule has 2 aromatic carbocycles. The third kappa shape index (κ3) is 6.40. The van der Waals surface area contributed by atoms with Crippen molar-refractivity contribution in [2.24, 2.45) is 23.7 Å². The molecular formula is C22H16I5O7S-. The Kier molecular flexibility index (Phi) is 9.58. The van der Waals surface area contributed by atoms with Crippen LogP contribution in [0.2, 0.25) is 0 Å². The normalized spacial score (nSPS) is 23.7. The Bertz CT molecular complexity index is 1260. The second-order valence-corrected chi connectivity index (χ2v) is 15.6. The number of hydrogen-bond acceptors (Lipinski definition) is 7. The van der Waals surface area contributed by atoms with Gasteiger partial charge in [0, 0.05) is 10.7 Å². The molecule has 0 radical (unpaired) electrons. The Balaban J connectivity index is 1.60. The van der Waals surface area contributed by atoms with E-state index in [1.54, 1.807) is 45.2 Å². The molecule has 188 valence electrons. The van der Waals surface area contributed by atoms with E-state index in [4.69, 9.17) is 9.47 Å². The van der Waals surface area contributed by atoms with Crippen LogP contribution in [0.15, 0.2) is 29.2 Å². The van der Waals surface area contributed by atoms with Crippen LogP contribution in [0.3, 0.4) is 0 Å². The minimum absolute atomic E-state index is 0.0133. The van der Waals surface area contributed by atoms with Crippen molar-refractivity contribution in [3.05, 3.63) is 42.1 Å². The SMILES string of the molecule is O=C(Oc1cc(I)c(S(=O)(=O)[O-])c(I)c1)C1C2CCC(CC2)C1C(=O)Oc1c(I)cc(I)cc1I. The molecule has 3 fully saturated rings. The van der Waals surface area contributed by atoms with E-state index in [-0.39, 0.29) is 29.6 Å². The molecule has 0 spiro atoms. The average Bonchev–Trinajstić information content (AvgIpc) is 2.74. The topological polar surface area (TPSA) is 110 Å². The highest BCUT2D eigenvalue weighted by Gasteiger charge is 2.52. The fourth-order valence-electron chi connectivity index (χ4n) is 4.94. The van der Waals surface area contributed by atoms with Crippen LogP contribution >= 0.6 is 113 Å². The first-order valence-electron chi connectivity index (χ1n) is 10.4. The maximum absolute atomic E-state index is 13.4. The Hall–Kier alpha value is 0.940. The second-order valence-electron chi connectivity index (χ2n) is 8.44. The Morgan fingerprint density at radius 3 is 1.60 bits per heavy atom. The number of carbonyl (C=O) groups is 2. The third-order valence-electron chi connectivity index (χ3n) is 6.37. The van der Waals surface area contributed by atoms with Gasteiger partial charge in [0.1, 0.15) is 15.9 Å². The lowest BCUT2D eigenvalue weighted by Gasteiger charge is -2.45. The summed E-state index contributed by atoms with van der Waals surface area (Å²) in [6, 6.07) is 6.57. The molecule has 35 heavy (non-hydrogen) atoms. The molecule has 2 bridgehead atoms. The van der Waals surface area contributed by atoms with E-state index in [1.165, 1.54) is 12.1 Å². The van der Waals surface area contributed by atoms with Gasteiger partial charge in [-0.3, -0.25) is 9.59 Å². The zero-order chi connectivity index (χ0) is 25.7. The van der Waals surface area contributed by atoms with Crippen LogP contribution in [0.4, 0.5) is 0 Å². The molecule has 5 rings (SSSR count). The van der Waals surface area contributed by atoms with E-state index in [0.717, 1.165) is 36.4 Å². The smallest absolute Gasteiger partial charge is 0.315 e. The van der Waals surface area contributed by atoms with Gasteiger partial charge in [-0.25, -0.2) is 8.42 Å². The summed E-state index contributed by atoms with van der Waals surface area (Å²) in [6.45, 7) is 0. The second kappa shape index (κ2) is 11.6. The Morgan fingerprint density at radius 2 is 1.17 bits per heavy atom. The molecule has 7 nitrogen and oxygen atoms in total. The van der Waals surface area contributed by atoms with E-state index >= 15 is 0 Å². The van der Waals surface area contributed by atoms with Crippen molar-refractivity contribution in [2.45, 2.75) is 30.6 Å². The molecule has 2 aromatic rings. The Morgan fingerprint density at radius 1 is 0.743 bits per heavy atom. The number of benzene rings is 2. The molecule has 0 heterocycles. The standard InChI is InChI=1S/C22H17I5O7S/c23-11-5-13(24)19(14(25)6-11)34-22(29)18-10-3-1-9(2-4-10)17(18)21(28)33-12-7-15(26)20(16(27)8-12)35(30,31)32/h5-10,17-18H,1-4H2,(H,30,31,32)/p-1. The highest BCUT2D eigenvalue weighted by atomic mass is 127. The van der Waals surface area contributed by atoms with Crippen molar-refractivity contribution in [1.82, 2.24) is 0 Å². The summed E-state index contributed by atoms with van der Waals surface area (Å²) in [5.41, 5.74) is 0. The first-order valence-corrected chi connectivity index (χ1v) is 17.2. The fraction of sp³-hybridized carbons (Fsp3) is 0.364. The molecule has 0 aromatic heterocycles. The summed E-state index contributed by atoms with van der Waals surface area (Å²) >= 11 is 9.98. The summed E-state index contributed by atoms with van der Waals surface area (Å²) in [4.78, 5) is 26.5. The van der Waals surface area contributed by atoms with Crippen molar-refractivity contribution in [3.63, 3.8) is 0 Å². The first-order chi connectivity index (χ1) is 16.4. The molecule has 2 atom stereocenters. The van der Waals surface area contributed by atoms with Crippen molar-refractivity contribution in [3.8, 4) is 11.5 Å². The van der Waals surface area contributed by atoms with Crippen molar-refractivity contribution >= 4 is 135 Å². The molecule has 0 aliphatic heterocycles. The summed E-state index contributed by atoms with van der Waals surface area (Å²) in [6.07, 6.45) is 3.41. The van der Waals surface area contributed by atoms with E-state index in [2.05, 4.69) is 67.8 Å². The monoisotopic (exact) mass is 1060 g/mol. The predicted molar refractivity (Wildman–Crippen MR) is 168 cm³/mol. The molecule has 3 aliphatic rings. The van der Waals surface area contributed by atoms with Gasteiger partial charge in [0.2, 0.25) is 0 Å². The minimum atomic E-state index is -4.66. The quantitative estimate of drug-likeness (QED) is 0.153. The highest BCUT2D eigenvalue weighted by molar-refractivity contribution is 14.1. The number of hydrogen-bond donors (Lipinski definition) is 0. The summed E-state index contributed by atoms with van der Waals surface area (Å²) < 4.78 is 49.2. The highest BCUT2D eigenvalue weighted by Crippen LogP contribution is 2.50. The number of fused-ring (bicyclic) bond motifs is 3. The van der Waals surface area contributed by atoms with E-state index in [1.807, 2.05) is 12.1 Å². The van der Waals surface area contributed by atoms with Gasteiger partial charge in [0.05, 0.1) is 23.9 Å². The van der Waals surface area contributed by atoms with Gasteiger partial charge >= 0.3 is 11.9 Å². The molecule has 3 aliphatic carbocycles. The van der Waals surface area contributed by atoms with Gasteiger partial charge in [-0.1, -0.05) is 0 Å². The molecule has 2 unspecified atom stereocenters. The van der Waals surface area contributed by atoms with Crippen LogP contribution < -0.4 is 9.47 Å². The number of esters is 2. The minimum Gasteiger partial charge on any atom is -0.744 e. The molecule has 0 N–H and O–H groups in total. The molecule has 3 saturated carbocycles. The lowest BCUT2D eigenvalue weighted by molar-refractivity contribution is -0.162. The van der Waals surface area contributed by atoms with E-state index in [0.29, 0.717) is 5.75 Å². The molecule has 0 amide bonds. The Labute approximate surface area is 271 Å². The number of carbonyl (C=O) groups excluding carboxylic acids is 2. The van der Waals surface area contributed by atoms with Gasteiger partial charge in [0.15, 0.2) is 5.75 Å². The van der Waals surface area contributed by atoms with Gasteiger partial charge in [-0.15, -0.1) is 0 Å². The van der Waals surface area contributed by atoms with Gasteiger partial charge in [0.25, 0.3) is 0 Å². The zero-order valence-corrected chi connectivity index (χ0v) is 29.2. The van der Waals surface area contributed by atoms with Crippen molar-refractivity contribution in [1.29, 1.82) is 0 Å². The zero-order valence-electron chi connectivity index (χ0n) is 17.6. The molecule has 0 saturated heterocycles. The van der Waals surface area contributed by atoms with Crippen molar-refractivity contribution < 1.29 is 32.0 Å². The van der Waals surface area contributed by atoms with Crippen molar-refractivity contribution in [2.75, 3.05) is 0 Å². The lowest BCUT2D eigenvalue weighted by Crippen LogP contribution is -2.49. The van der Waals surface area contributed by atoms with Gasteiger partial charge < -0.3 is 14.0 Å². The van der Waals surface area contributed by atoms with Gasteiger partial charge in [-0.2, -0.15) is 0 Å². The van der Waals surface area contributed by atoms with Crippen LogP contribution in [0.25, 0.3) is 0 Å². The molecular weight excluding hydrogens is 1040 g/mol. The maximum atomic E-state index is 13.4. The first kappa shape index (κ1) is 28.9. The summed E-state index contributed by atoms with van der Waals surface area (Å²) in [5, 5.41) is 0. The van der Waals surface area contributed by atoms with E-state index < -0.39 is 33.9 Å². The number of rotatable bonds is 5. The largest absolute Gasteiger partial charge is 0.744 e. The summed E-state index contributed by atoms with van der Waals surface area (Å²) in [5.74, 6) is -1.51. The van der Waals surface area contributed by atoms with Crippen LogP contribution in [0.1, 0.15) is 25.7 Å².